The van der Waals surface area contributed by atoms with Crippen LogP contribution < -0.4 is 15.8 Å². The summed E-state index contributed by atoms with van der Waals surface area (Å²) >= 11 is 0. The summed E-state index contributed by atoms with van der Waals surface area (Å²) in [5, 5.41) is 3.19. The molecule has 0 radical (unpaired) electrons. The summed E-state index contributed by atoms with van der Waals surface area (Å²) in [6, 6.07) is 7.80. The van der Waals surface area contributed by atoms with Crippen LogP contribution in [0.2, 0.25) is 0 Å². The highest BCUT2D eigenvalue weighted by Crippen LogP contribution is 2.41. The minimum Gasteiger partial charge on any atom is -0.490 e. The number of para-hydroxylation sites is 1. The second kappa shape index (κ2) is 6.79. The van der Waals surface area contributed by atoms with E-state index in [1.807, 2.05) is 45.0 Å². The number of nitrogens with zero attached hydrogens (tertiary/aromatic N) is 2. The molecule has 150 valence electrons. The van der Waals surface area contributed by atoms with Gasteiger partial charge in [0, 0.05) is 24.4 Å². The molecule has 0 bridgehead atoms. The van der Waals surface area contributed by atoms with Gasteiger partial charge in [0.1, 0.15) is 5.75 Å². The molecular formula is C21H28N4O3. The lowest BCUT2D eigenvalue weighted by Crippen LogP contribution is -2.50. The van der Waals surface area contributed by atoms with Crippen molar-refractivity contribution in [1.82, 2.24) is 10.2 Å². The second-order valence-corrected chi connectivity index (χ2v) is 8.83. The summed E-state index contributed by atoms with van der Waals surface area (Å²) in [4.78, 5) is 31.1. The van der Waals surface area contributed by atoms with Gasteiger partial charge in [0.15, 0.2) is 5.96 Å². The molecule has 3 N–H and O–H groups in total. The first-order valence-corrected chi connectivity index (χ1v) is 9.95. The van der Waals surface area contributed by atoms with Crippen LogP contribution in [0.3, 0.4) is 0 Å². The topological polar surface area (TPSA) is 97.0 Å². The number of benzene rings is 1. The summed E-state index contributed by atoms with van der Waals surface area (Å²) in [6.45, 7) is 6.27. The Hall–Kier alpha value is -2.57. The number of ether oxygens (including phenoxy) is 1. The van der Waals surface area contributed by atoms with Crippen LogP contribution in [0.4, 0.5) is 0 Å². The van der Waals surface area contributed by atoms with Crippen molar-refractivity contribution in [3.05, 3.63) is 29.8 Å². The molecule has 1 aliphatic carbocycles. The quantitative estimate of drug-likeness (QED) is 0.829. The number of amides is 2. The first-order valence-electron chi connectivity index (χ1n) is 9.95. The zero-order valence-corrected chi connectivity index (χ0v) is 16.6. The smallest absolute Gasteiger partial charge is 0.231 e. The molecular weight excluding hydrogens is 356 g/mol. The highest BCUT2D eigenvalue weighted by atomic mass is 16.5. The zero-order valence-electron chi connectivity index (χ0n) is 16.6. The Balaban J connectivity index is 1.38. The van der Waals surface area contributed by atoms with Crippen molar-refractivity contribution in [3.63, 3.8) is 0 Å². The first-order chi connectivity index (χ1) is 13.2. The number of nitrogens with two attached hydrogens (primary N) is 1. The molecule has 0 spiro atoms. The van der Waals surface area contributed by atoms with E-state index < -0.39 is 5.54 Å². The van der Waals surface area contributed by atoms with Crippen molar-refractivity contribution in [3.8, 4) is 5.75 Å². The van der Waals surface area contributed by atoms with Gasteiger partial charge >= 0.3 is 0 Å². The number of guanidine groups is 1. The van der Waals surface area contributed by atoms with Crippen molar-refractivity contribution in [1.29, 1.82) is 0 Å². The minimum absolute atomic E-state index is 0.0178. The summed E-state index contributed by atoms with van der Waals surface area (Å²) in [6.07, 6.45) is 1.92. The Kier molecular flexibility index (Phi) is 4.56. The molecule has 0 aromatic heterocycles. The Morgan fingerprint density at radius 3 is 2.86 bits per heavy atom. The maximum absolute atomic E-state index is 12.8. The molecule has 2 aliphatic heterocycles. The SMILES string of the molecule is CC1C[C@H](NC(=O)C2C[C@@H]2CN2C(=O)CC(C)(C)N=C2N)c2ccccc2O1. The number of rotatable bonds is 4. The van der Waals surface area contributed by atoms with E-state index in [0.717, 1.165) is 24.2 Å². The molecule has 1 aromatic carbocycles. The van der Waals surface area contributed by atoms with Crippen molar-refractivity contribution < 1.29 is 14.3 Å². The first kappa shape index (κ1) is 18.8. The minimum atomic E-state index is -0.453. The van der Waals surface area contributed by atoms with Crippen LogP contribution in [0, 0.1) is 11.8 Å². The standard InChI is InChI=1S/C21H28N4O3/c1-12-8-16(14-6-4-5-7-17(14)28-12)23-19(27)15-9-13(15)11-25-18(26)10-21(2,3)24-20(25)22/h4-7,12-13,15-16H,8-11H2,1-3H3,(H2,22,24)(H,23,27)/t12?,13-,15?,16+/m1/s1. The molecule has 7 nitrogen and oxygen atoms in total. The lowest BCUT2D eigenvalue weighted by atomic mass is 9.97. The number of hydrogen-bond acceptors (Lipinski definition) is 5. The molecule has 1 saturated carbocycles. The average molecular weight is 384 g/mol. The van der Waals surface area contributed by atoms with Crippen molar-refractivity contribution in [2.75, 3.05) is 6.54 Å². The van der Waals surface area contributed by atoms with Gasteiger partial charge in [0.2, 0.25) is 11.8 Å². The van der Waals surface area contributed by atoms with Gasteiger partial charge in [-0.25, -0.2) is 4.99 Å². The molecule has 2 heterocycles. The predicted octanol–water partition coefficient (Wildman–Crippen LogP) is 1.98. The molecule has 28 heavy (non-hydrogen) atoms. The number of nitrogens with one attached hydrogen (secondary N) is 1. The number of aliphatic imine (C=N–C) groups is 1. The highest BCUT2D eigenvalue weighted by molar-refractivity contribution is 5.99. The van der Waals surface area contributed by atoms with Gasteiger partial charge < -0.3 is 15.8 Å². The van der Waals surface area contributed by atoms with E-state index in [2.05, 4.69) is 10.3 Å². The highest BCUT2D eigenvalue weighted by Gasteiger charge is 2.46. The monoisotopic (exact) mass is 384 g/mol. The van der Waals surface area contributed by atoms with E-state index in [4.69, 9.17) is 10.5 Å². The van der Waals surface area contributed by atoms with Gasteiger partial charge in [-0.3, -0.25) is 14.5 Å². The molecule has 2 amide bonds. The third-order valence-electron chi connectivity index (χ3n) is 5.76. The van der Waals surface area contributed by atoms with E-state index in [1.165, 1.54) is 4.90 Å². The van der Waals surface area contributed by atoms with Gasteiger partial charge in [-0.05, 0) is 39.2 Å². The van der Waals surface area contributed by atoms with E-state index in [-0.39, 0.29) is 41.8 Å². The third kappa shape index (κ3) is 3.70. The van der Waals surface area contributed by atoms with E-state index in [1.54, 1.807) is 0 Å². The van der Waals surface area contributed by atoms with Crippen LogP contribution in [0.1, 0.15) is 51.6 Å². The molecule has 3 aliphatic rings. The maximum Gasteiger partial charge on any atom is 0.231 e. The Morgan fingerprint density at radius 1 is 1.36 bits per heavy atom. The van der Waals surface area contributed by atoms with Crippen LogP contribution >= 0.6 is 0 Å². The molecule has 2 unspecified atom stereocenters. The molecule has 4 atom stereocenters. The van der Waals surface area contributed by atoms with E-state index >= 15 is 0 Å². The Labute approximate surface area is 165 Å². The largest absolute Gasteiger partial charge is 0.490 e. The third-order valence-corrected chi connectivity index (χ3v) is 5.76. The van der Waals surface area contributed by atoms with Crippen LogP contribution in [0.15, 0.2) is 29.3 Å². The van der Waals surface area contributed by atoms with E-state index in [0.29, 0.717) is 13.0 Å². The molecule has 1 fully saturated rings. The maximum atomic E-state index is 12.8. The number of carbonyl (C=O) groups excluding carboxylic acids is 2. The molecule has 4 rings (SSSR count). The fraction of sp³-hybridized carbons (Fsp3) is 0.571. The van der Waals surface area contributed by atoms with Gasteiger partial charge in [-0.2, -0.15) is 0 Å². The molecule has 0 saturated heterocycles. The zero-order chi connectivity index (χ0) is 20.1. The average Bonchev–Trinajstić information content (AvgIpc) is 3.37. The number of fused-ring (bicyclic) bond motifs is 1. The second-order valence-electron chi connectivity index (χ2n) is 8.83. The van der Waals surface area contributed by atoms with Gasteiger partial charge in [-0.15, -0.1) is 0 Å². The fourth-order valence-electron chi connectivity index (χ4n) is 4.22. The fourth-order valence-corrected chi connectivity index (χ4v) is 4.22. The summed E-state index contributed by atoms with van der Waals surface area (Å²) < 4.78 is 5.86. The summed E-state index contributed by atoms with van der Waals surface area (Å²) in [5.41, 5.74) is 6.57. The van der Waals surface area contributed by atoms with Gasteiger partial charge in [0.25, 0.3) is 0 Å². The van der Waals surface area contributed by atoms with Crippen molar-refractivity contribution >= 4 is 17.8 Å². The molecule has 7 heteroatoms. The normalized spacial score (nSPS) is 30.8. The number of carbonyl (C=O) groups is 2. The van der Waals surface area contributed by atoms with E-state index in [9.17, 15) is 9.59 Å². The van der Waals surface area contributed by atoms with Gasteiger partial charge in [-0.1, -0.05) is 18.2 Å². The Morgan fingerprint density at radius 2 is 2.11 bits per heavy atom. The lowest BCUT2D eigenvalue weighted by molar-refractivity contribution is -0.130. The molecule has 1 aromatic rings. The van der Waals surface area contributed by atoms with Crippen LogP contribution in [-0.2, 0) is 9.59 Å². The van der Waals surface area contributed by atoms with Crippen LogP contribution in [0.5, 0.6) is 5.75 Å². The van der Waals surface area contributed by atoms with Gasteiger partial charge in [0.05, 0.1) is 24.1 Å². The summed E-state index contributed by atoms with van der Waals surface area (Å²) in [7, 11) is 0. The van der Waals surface area contributed by atoms with Crippen molar-refractivity contribution in [2.45, 2.75) is 57.7 Å². The van der Waals surface area contributed by atoms with Crippen molar-refractivity contribution in [2.24, 2.45) is 22.6 Å². The Bertz CT molecular complexity index is 835. The van der Waals surface area contributed by atoms with Crippen LogP contribution in [-0.4, -0.2) is 40.9 Å². The lowest BCUT2D eigenvalue weighted by Gasteiger charge is -2.33. The summed E-state index contributed by atoms with van der Waals surface area (Å²) in [5.74, 6) is 1.17. The van der Waals surface area contributed by atoms with Crippen LogP contribution in [0.25, 0.3) is 0 Å². The predicted molar refractivity (Wildman–Crippen MR) is 106 cm³/mol. The number of hydrogen-bond donors (Lipinski definition) is 2.